The van der Waals surface area contributed by atoms with Gasteiger partial charge >= 0.3 is 0 Å². The smallest absolute Gasteiger partial charge is 0.220 e. The molecule has 1 fully saturated rings. The van der Waals surface area contributed by atoms with Crippen molar-refractivity contribution >= 4 is 16.9 Å². The fraction of sp³-hybridized carbons (Fsp3) is 0.421. The van der Waals surface area contributed by atoms with Crippen LogP contribution in [0.5, 0.6) is 0 Å². The van der Waals surface area contributed by atoms with Crippen molar-refractivity contribution in [1.82, 2.24) is 20.4 Å². The predicted octanol–water partition coefficient (Wildman–Crippen LogP) is 2.30. The summed E-state index contributed by atoms with van der Waals surface area (Å²) in [6, 6.07) is 6.25. The minimum Gasteiger partial charge on any atom is -0.379 e. The number of H-pyrrole nitrogens is 1. The summed E-state index contributed by atoms with van der Waals surface area (Å²) in [6.45, 7) is 2.96. The van der Waals surface area contributed by atoms with E-state index in [1.165, 1.54) is 12.1 Å². The van der Waals surface area contributed by atoms with Crippen molar-refractivity contribution in [3.63, 3.8) is 0 Å². The highest BCUT2D eigenvalue weighted by atomic mass is 19.1. The summed E-state index contributed by atoms with van der Waals surface area (Å²) in [7, 11) is 0. The van der Waals surface area contributed by atoms with Gasteiger partial charge in [-0.1, -0.05) is 5.16 Å². The van der Waals surface area contributed by atoms with Crippen LogP contribution in [0.15, 0.2) is 28.8 Å². The third kappa shape index (κ3) is 4.16. The second-order valence-electron chi connectivity index (χ2n) is 6.96. The van der Waals surface area contributed by atoms with Crippen molar-refractivity contribution in [3.8, 4) is 0 Å². The molecule has 142 valence electrons. The van der Waals surface area contributed by atoms with Crippen molar-refractivity contribution in [3.05, 3.63) is 47.4 Å². The number of hydrogen-bond acceptors (Lipinski definition) is 5. The topological polar surface area (TPSA) is 93.0 Å². The number of aromatic amines is 1. The average molecular weight is 372 g/mol. The molecule has 4 rings (SSSR count). The molecule has 0 spiro atoms. The number of amides is 1. The Morgan fingerprint density at radius 2 is 2.26 bits per heavy atom. The number of halogens is 1. The standard InChI is InChI=1S/C19H21FN4O3/c1-11-6-14(27-24-11)7-12-9-26-10-17(12)23-19(25)5-4-18-21-15-3-2-13(20)8-16(15)22-18/h2-3,6,8,12,17H,4-5,7,9-10H2,1H3,(H,21,22)(H,23,25)/t12-,17+/m1/s1. The summed E-state index contributed by atoms with van der Waals surface area (Å²) in [4.78, 5) is 19.8. The molecular weight excluding hydrogens is 351 g/mol. The number of imidazole rings is 1. The molecule has 0 radical (unpaired) electrons. The monoisotopic (exact) mass is 372 g/mol. The molecule has 1 saturated heterocycles. The van der Waals surface area contributed by atoms with E-state index in [4.69, 9.17) is 9.26 Å². The second-order valence-corrected chi connectivity index (χ2v) is 6.96. The number of benzene rings is 1. The summed E-state index contributed by atoms with van der Waals surface area (Å²) >= 11 is 0. The molecule has 27 heavy (non-hydrogen) atoms. The third-order valence-electron chi connectivity index (χ3n) is 4.77. The Kier molecular flexibility index (Phi) is 4.89. The van der Waals surface area contributed by atoms with Crippen LogP contribution in [0, 0.1) is 18.7 Å². The zero-order chi connectivity index (χ0) is 18.8. The highest BCUT2D eigenvalue weighted by Gasteiger charge is 2.30. The van der Waals surface area contributed by atoms with Crippen LogP contribution in [0.1, 0.15) is 23.7 Å². The molecule has 3 heterocycles. The molecular formula is C19H21FN4O3. The van der Waals surface area contributed by atoms with E-state index in [1.54, 1.807) is 6.07 Å². The molecule has 0 bridgehead atoms. The first kappa shape index (κ1) is 17.7. The van der Waals surface area contributed by atoms with E-state index in [-0.39, 0.29) is 23.7 Å². The average Bonchev–Trinajstić information content (AvgIpc) is 3.34. The number of aryl methyl sites for hydroxylation is 2. The molecule has 1 aliphatic rings. The van der Waals surface area contributed by atoms with Crippen molar-refractivity contribution in [2.24, 2.45) is 5.92 Å². The number of carbonyl (C=O) groups excluding carboxylic acids is 1. The Bertz CT molecular complexity index is 951. The first-order valence-corrected chi connectivity index (χ1v) is 9.00. The molecule has 2 atom stereocenters. The van der Waals surface area contributed by atoms with E-state index in [1.807, 2.05) is 13.0 Å². The van der Waals surface area contributed by atoms with Crippen LogP contribution in [-0.4, -0.2) is 40.3 Å². The Hall–Kier alpha value is -2.74. The van der Waals surface area contributed by atoms with E-state index < -0.39 is 0 Å². The van der Waals surface area contributed by atoms with Gasteiger partial charge in [-0.05, 0) is 25.1 Å². The SMILES string of the molecule is Cc1cc(C[C@@H]2COC[C@@H]2NC(=O)CCc2nc3ccc(F)cc3[nH]2)on1. The van der Waals surface area contributed by atoms with Crippen LogP contribution in [0.2, 0.25) is 0 Å². The van der Waals surface area contributed by atoms with E-state index in [0.29, 0.717) is 49.3 Å². The molecule has 7 nitrogen and oxygen atoms in total. The molecule has 3 aromatic rings. The first-order chi connectivity index (χ1) is 13.1. The maximum absolute atomic E-state index is 13.2. The zero-order valence-electron chi connectivity index (χ0n) is 15.0. The van der Waals surface area contributed by atoms with Crippen LogP contribution < -0.4 is 5.32 Å². The fourth-order valence-electron chi connectivity index (χ4n) is 3.39. The molecule has 0 saturated carbocycles. The fourth-order valence-corrected chi connectivity index (χ4v) is 3.39. The largest absolute Gasteiger partial charge is 0.379 e. The van der Waals surface area contributed by atoms with Crippen molar-refractivity contribution in [2.75, 3.05) is 13.2 Å². The van der Waals surface area contributed by atoms with Crippen molar-refractivity contribution in [1.29, 1.82) is 0 Å². The quantitative estimate of drug-likeness (QED) is 0.693. The highest BCUT2D eigenvalue weighted by molar-refractivity contribution is 5.77. The van der Waals surface area contributed by atoms with E-state index in [9.17, 15) is 9.18 Å². The minimum absolute atomic E-state index is 0.0484. The molecule has 1 amide bonds. The van der Waals surface area contributed by atoms with Gasteiger partial charge in [0.1, 0.15) is 17.4 Å². The number of carbonyl (C=O) groups is 1. The lowest BCUT2D eigenvalue weighted by Crippen LogP contribution is -2.40. The normalized spacial score (nSPS) is 19.6. The minimum atomic E-state index is -0.315. The van der Waals surface area contributed by atoms with Crippen LogP contribution in [0.3, 0.4) is 0 Å². The van der Waals surface area contributed by atoms with Gasteiger partial charge in [-0.15, -0.1) is 0 Å². The van der Waals surface area contributed by atoms with Crippen LogP contribution in [-0.2, 0) is 22.4 Å². The number of fused-ring (bicyclic) bond motifs is 1. The molecule has 0 aliphatic carbocycles. The lowest BCUT2D eigenvalue weighted by atomic mass is 9.98. The van der Waals surface area contributed by atoms with E-state index in [2.05, 4.69) is 20.4 Å². The highest BCUT2D eigenvalue weighted by Crippen LogP contribution is 2.20. The number of nitrogens with zero attached hydrogens (tertiary/aromatic N) is 2. The van der Waals surface area contributed by atoms with Crippen LogP contribution in [0.4, 0.5) is 4.39 Å². The molecule has 0 unspecified atom stereocenters. The Balaban J connectivity index is 1.31. The van der Waals surface area contributed by atoms with Gasteiger partial charge in [0.05, 0.1) is 36.0 Å². The number of hydrogen-bond donors (Lipinski definition) is 2. The molecule has 1 aromatic carbocycles. The predicted molar refractivity (Wildman–Crippen MR) is 95.6 cm³/mol. The molecule has 8 heteroatoms. The van der Waals surface area contributed by atoms with Crippen molar-refractivity contribution in [2.45, 2.75) is 32.2 Å². The lowest BCUT2D eigenvalue weighted by Gasteiger charge is -2.17. The van der Waals surface area contributed by atoms with Gasteiger partial charge in [0.25, 0.3) is 0 Å². The van der Waals surface area contributed by atoms with E-state index >= 15 is 0 Å². The van der Waals surface area contributed by atoms with Crippen molar-refractivity contribution < 1.29 is 18.4 Å². The Morgan fingerprint density at radius 3 is 3.07 bits per heavy atom. The lowest BCUT2D eigenvalue weighted by molar-refractivity contribution is -0.122. The third-order valence-corrected chi connectivity index (χ3v) is 4.77. The van der Waals surface area contributed by atoms with Gasteiger partial charge in [0.2, 0.25) is 5.91 Å². The summed E-state index contributed by atoms with van der Waals surface area (Å²) in [5.74, 6) is 1.26. The maximum Gasteiger partial charge on any atom is 0.220 e. The second kappa shape index (κ2) is 7.48. The summed E-state index contributed by atoms with van der Waals surface area (Å²) in [5, 5.41) is 6.94. The number of rotatable bonds is 6. The zero-order valence-corrected chi connectivity index (χ0v) is 15.0. The summed E-state index contributed by atoms with van der Waals surface area (Å²) in [5.41, 5.74) is 2.17. The van der Waals surface area contributed by atoms with Gasteiger partial charge < -0.3 is 19.6 Å². The number of nitrogens with one attached hydrogen (secondary N) is 2. The van der Waals surface area contributed by atoms with Gasteiger partial charge in [-0.3, -0.25) is 4.79 Å². The molecule has 2 aromatic heterocycles. The maximum atomic E-state index is 13.2. The summed E-state index contributed by atoms with van der Waals surface area (Å²) < 4.78 is 24.0. The van der Waals surface area contributed by atoms with Gasteiger partial charge in [-0.25, -0.2) is 9.37 Å². The Morgan fingerprint density at radius 1 is 1.37 bits per heavy atom. The van der Waals surface area contributed by atoms with Gasteiger partial charge in [0.15, 0.2) is 0 Å². The first-order valence-electron chi connectivity index (χ1n) is 9.00. The summed E-state index contributed by atoms with van der Waals surface area (Å²) in [6.07, 6.45) is 1.44. The van der Waals surface area contributed by atoms with E-state index in [0.717, 1.165) is 11.5 Å². The van der Waals surface area contributed by atoms with Crippen LogP contribution in [0.25, 0.3) is 11.0 Å². The number of ether oxygens (including phenoxy) is 1. The van der Waals surface area contributed by atoms with Gasteiger partial charge in [-0.2, -0.15) is 0 Å². The Labute approximate surface area is 155 Å². The number of aromatic nitrogens is 3. The molecule has 2 N–H and O–H groups in total. The molecule has 1 aliphatic heterocycles. The van der Waals surface area contributed by atoms with Gasteiger partial charge in [0, 0.05) is 31.2 Å². The van der Waals surface area contributed by atoms with Crippen LogP contribution >= 0.6 is 0 Å².